The summed E-state index contributed by atoms with van der Waals surface area (Å²) in [5, 5.41) is 11.8. The van der Waals surface area contributed by atoms with Gasteiger partial charge in [0.05, 0.1) is 25.0 Å². The third kappa shape index (κ3) is 4.43. The highest BCUT2D eigenvalue weighted by Crippen LogP contribution is 2.24. The summed E-state index contributed by atoms with van der Waals surface area (Å²) in [5.41, 5.74) is 1.73. The van der Waals surface area contributed by atoms with Crippen LogP contribution in [0.5, 0.6) is 5.75 Å². The summed E-state index contributed by atoms with van der Waals surface area (Å²) in [4.78, 5) is 23.6. The number of aliphatic carboxylic acids is 1. The summed E-state index contributed by atoms with van der Waals surface area (Å²) < 4.78 is 15.9. The van der Waals surface area contributed by atoms with E-state index < -0.39 is 11.9 Å². The molecule has 0 radical (unpaired) electrons. The average Bonchev–Trinajstić information content (AvgIpc) is 2.95. The maximum atomic E-state index is 12.7. The lowest BCUT2D eigenvalue weighted by Gasteiger charge is -2.24. The molecule has 1 aromatic carbocycles. The van der Waals surface area contributed by atoms with E-state index in [2.05, 4.69) is 5.32 Å². The number of carbonyl (C=O) groups excluding carboxylic acids is 1. The van der Waals surface area contributed by atoms with Gasteiger partial charge in [0.1, 0.15) is 24.0 Å². The summed E-state index contributed by atoms with van der Waals surface area (Å²) in [6.45, 7) is 3.52. The van der Waals surface area contributed by atoms with Gasteiger partial charge in [-0.05, 0) is 31.5 Å². The molecule has 0 fully saturated rings. The Bertz CT molecular complexity index is 765. The number of carboxylic acid groups (broad SMARTS) is 1. The number of amides is 1. The number of furan rings is 1. The van der Waals surface area contributed by atoms with E-state index in [-0.39, 0.29) is 29.9 Å². The molecule has 7 nitrogen and oxygen atoms in total. The van der Waals surface area contributed by atoms with E-state index in [0.29, 0.717) is 5.56 Å². The van der Waals surface area contributed by atoms with Crippen LogP contribution < -0.4 is 10.1 Å². The van der Waals surface area contributed by atoms with Crippen molar-refractivity contribution < 1.29 is 28.6 Å². The zero-order chi connectivity index (χ0) is 19.3. The second-order valence-corrected chi connectivity index (χ2v) is 5.98. The van der Waals surface area contributed by atoms with Gasteiger partial charge in [0, 0.05) is 12.7 Å². The number of rotatable bonds is 8. The van der Waals surface area contributed by atoms with Crippen LogP contribution >= 0.6 is 0 Å². The van der Waals surface area contributed by atoms with Crippen LogP contribution in [0.3, 0.4) is 0 Å². The lowest BCUT2D eigenvalue weighted by molar-refractivity contribution is -0.136. The van der Waals surface area contributed by atoms with Crippen molar-refractivity contribution in [2.75, 3.05) is 14.2 Å². The quantitative estimate of drug-likeness (QED) is 0.750. The van der Waals surface area contributed by atoms with E-state index in [9.17, 15) is 9.59 Å². The highest BCUT2D eigenvalue weighted by atomic mass is 16.5. The molecular weight excluding hydrogens is 338 g/mol. The number of carboxylic acids is 1. The van der Waals surface area contributed by atoms with Crippen molar-refractivity contribution in [2.24, 2.45) is 0 Å². The number of benzene rings is 1. The fraction of sp³-hybridized carbons (Fsp3) is 0.368. The molecule has 1 amide bonds. The van der Waals surface area contributed by atoms with Crippen molar-refractivity contribution in [2.45, 2.75) is 32.4 Å². The minimum Gasteiger partial charge on any atom is -0.497 e. The molecule has 2 rings (SSSR count). The maximum Gasteiger partial charge on any atom is 0.311 e. The molecule has 2 atom stereocenters. The molecule has 2 aromatic rings. The first kappa shape index (κ1) is 19.5. The number of methoxy groups -OCH3 is 2. The van der Waals surface area contributed by atoms with E-state index in [0.717, 1.165) is 11.3 Å². The fourth-order valence-corrected chi connectivity index (χ4v) is 2.85. The maximum absolute atomic E-state index is 12.7. The molecule has 0 saturated carbocycles. The van der Waals surface area contributed by atoms with Crippen molar-refractivity contribution in [1.82, 2.24) is 5.32 Å². The molecule has 1 heterocycles. The van der Waals surface area contributed by atoms with E-state index in [1.807, 2.05) is 31.2 Å². The standard InChI is InChI=1S/C19H23NO6/c1-11-10-26-15(9-16(21)22)17(11)19(23)20-12(2)18(25-4)13-5-7-14(24-3)8-6-13/h5-8,10,12,18H,9H2,1-4H3,(H,20,23)(H,21,22). The number of hydrogen-bond acceptors (Lipinski definition) is 5. The topological polar surface area (TPSA) is 98.0 Å². The molecule has 0 aliphatic heterocycles. The molecule has 2 N–H and O–H groups in total. The SMILES string of the molecule is COc1ccc(C(OC)C(C)NC(=O)c2c(C)coc2CC(=O)O)cc1. The minimum atomic E-state index is -1.06. The zero-order valence-electron chi connectivity index (χ0n) is 15.2. The van der Waals surface area contributed by atoms with E-state index >= 15 is 0 Å². The van der Waals surface area contributed by atoms with Gasteiger partial charge >= 0.3 is 5.97 Å². The van der Waals surface area contributed by atoms with Crippen LogP contribution in [0.15, 0.2) is 34.9 Å². The monoisotopic (exact) mass is 361 g/mol. The Hall–Kier alpha value is -2.80. The van der Waals surface area contributed by atoms with Gasteiger partial charge < -0.3 is 24.3 Å². The zero-order valence-corrected chi connectivity index (χ0v) is 15.2. The van der Waals surface area contributed by atoms with Gasteiger partial charge in [-0.3, -0.25) is 9.59 Å². The largest absolute Gasteiger partial charge is 0.497 e. The lowest BCUT2D eigenvalue weighted by atomic mass is 10.0. The van der Waals surface area contributed by atoms with Crippen LogP contribution in [0.25, 0.3) is 0 Å². The van der Waals surface area contributed by atoms with E-state index in [1.54, 1.807) is 21.1 Å². The van der Waals surface area contributed by atoms with Crippen molar-refractivity contribution in [3.63, 3.8) is 0 Å². The summed E-state index contributed by atoms with van der Waals surface area (Å²) in [6.07, 6.45) is 0.659. The van der Waals surface area contributed by atoms with Gasteiger partial charge in [-0.15, -0.1) is 0 Å². The molecule has 0 spiro atoms. The number of nitrogens with one attached hydrogen (secondary N) is 1. The predicted octanol–water partition coefficient (Wildman–Crippen LogP) is 2.73. The van der Waals surface area contributed by atoms with Gasteiger partial charge in [0.15, 0.2) is 0 Å². The number of carbonyl (C=O) groups is 2. The van der Waals surface area contributed by atoms with Crippen LogP contribution in [0.4, 0.5) is 0 Å². The number of hydrogen-bond donors (Lipinski definition) is 2. The molecule has 1 aromatic heterocycles. The van der Waals surface area contributed by atoms with Gasteiger partial charge in [0.25, 0.3) is 5.91 Å². The summed E-state index contributed by atoms with van der Waals surface area (Å²) in [7, 11) is 3.16. The van der Waals surface area contributed by atoms with Crippen LogP contribution in [0.1, 0.15) is 40.3 Å². The van der Waals surface area contributed by atoms with Crippen LogP contribution in [0.2, 0.25) is 0 Å². The Morgan fingerprint density at radius 1 is 1.23 bits per heavy atom. The Balaban J connectivity index is 2.16. The molecule has 0 saturated heterocycles. The second kappa shape index (κ2) is 8.53. The van der Waals surface area contributed by atoms with Crippen molar-refractivity contribution in [1.29, 1.82) is 0 Å². The molecule has 26 heavy (non-hydrogen) atoms. The molecule has 2 unspecified atom stereocenters. The van der Waals surface area contributed by atoms with Crippen molar-refractivity contribution >= 4 is 11.9 Å². The highest BCUT2D eigenvalue weighted by molar-refractivity contribution is 5.97. The second-order valence-electron chi connectivity index (χ2n) is 5.98. The van der Waals surface area contributed by atoms with Crippen molar-refractivity contribution in [3.8, 4) is 5.75 Å². The van der Waals surface area contributed by atoms with Gasteiger partial charge in [-0.25, -0.2) is 0 Å². The summed E-state index contributed by atoms with van der Waals surface area (Å²) >= 11 is 0. The first-order valence-electron chi connectivity index (χ1n) is 8.13. The minimum absolute atomic E-state index is 0.137. The molecular formula is C19H23NO6. The molecule has 140 valence electrons. The molecule has 0 aliphatic rings. The summed E-state index contributed by atoms with van der Waals surface area (Å²) in [6, 6.07) is 7.03. The Kier molecular flexibility index (Phi) is 6.41. The predicted molar refractivity (Wildman–Crippen MR) is 94.5 cm³/mol. The molecule has 0 bridgehead atoms. The summed E-state index contributed by atoms with van der Waals surface area (Å²) in [5.74, 6) is -0.587. The van der Waals surface area contributed by atoms with Crippen LogP contribution in [-0.4, -0.2) is 37.2 Å². The van der Waals surface area contributed by atoms with E-state index in [4.69, 9.17) is 19.0 Å². The molecule has 7 heteroatoms. The highest BCUT2D eigenvalue weighted by Gasteiger charge is 2.25. The third-order valence-electron chi connectivity index (χ3n) is 4.10. The fourth-order valence-electron chi connectivity index (χ4n) is 2.85. The Labute approximate surface area is 151 Å². The Morgan fingerprint density at radius 2 is 1.88 bits per heavy atom. The number of ether oxygens (including phenoxy) is 2. The Morgan fingerprint density at radius 3 is 2.42 bits per heavy atom. The van der Waals surface area contributed by atoms with Gasteiger partial charge in [-0.2, -0.15) is 0 Å². The normalized spacial score (nSPS) is 13.1. The average molecular weight is 361 g/mol. The third-order valence-corrected chi connectivity index (χ3v) is 4.10. The molecule has 0 aliphatic carbocycles. The first-order valence-corrected chi connectivity index (χ1v) is 8.13. The van der Waals surface area contributed by atoms with E-state index in [1.165, 1.54) is 6.26 Å². The van der Waals surface area contributed by atoms with Crippen molar-refractivity contribution in [3.05, 3.63) is 53.0 Å². The van der Waals surface area contributed by atoms with Crippen LogP contribution in [-0.2, 0) is 16.0 Å². The smallest absolute Gasteiger partial charge is 0.311 e. The van der Waals surface area contributed by atoms with Crippen LogP contribution in [0, 0.1) is 6.92 Å². The number of aryl methyl sites for hydroxylation is 1. The van der Waals surface area contributed by atoms with Gasteiger partial charge in [0.2, 0.25) is 0 Å². The first-order chi connectivity index (χ1) is 12.4. The van der Waals surface area contributed by atoms with Gasteiger partial charge in [-0.1, -0.05) is 12.1 Å². The lowest BCUT2D eigenvalue weighted by Crippen LogP contribution is -2.38.